The summed E-state index contributed by atoms with van der Waals surface area (Å²) in [6.45, 7) is 3.56. The molecule has 1 saturated heterocycles. The summed E-state index contributed by atoms with van der Waals surface area (Å²) in [4.78, 5) is 2.02. The van der Waals surface area contributed by atoms with E-state index in [9.17, 15) is 8.42 Å². The molecule has 1 aliphatic rings. The van der Waals surface area contributed by atoms with Crippen molar-refractivity contribution in [2.45, 2.75) is 17.9 Å². The zero-order chi connectivity index (χ0) is 14.9. The quantitative estimate of drug-likeness (QED) is 0.835. The van der Waals surface area contributed by atoms with Crippen molar-refractivity contribution in [3.63, 3.8) is 0 Å². The average molecular weight is 354 g/mol. The van der Waals surface area contributed by atoms with E-state index in [1.807, 2.05) is 4.90 Å². The minimum Gasteiger partial charge on any atom is -0.286 e. The van der Waals surface area contributed by atoms with Gasteiger partial charge >= 0.3 is 0 Å². The Morgan fingerprint density at radius 2 is 1.95 bits per heavy atom. The summed E-state index contributed by atoms with van der Waals surface area (Å²) in [6, 6.07) is 3.33. The summed E-state index contributed by atoms with van der Waals surface area (Å²) in [5, 5.41) is 8.88. The lowest BCUT2D eigenvalue weighted by molar-refractivity contribution is 0.169. The summed E-state index contributed by atoms with van der Waals surface area (Å²) < 4.78 is 26.9. The molecular weight excluding hydrogens is 341 g/mol. The molecular formula is C11H13Cl2N3O2S2. The highest BCUT2D eigenvalue weighted by molar-refractivity contribution is 7.89. The Balaban J connectivity index is 2.14. The van der Waals surface area contributed by atoms with Crippen molar-refractivity contribution >= 4 is 44.6 Å². The third kappa shape index (κ3) is 3.11. The van der Waals surface area contributed by atoms with Crippen LogP contribution in [0, 0.1) is 11.3 Å². The van der Waals surface area contributed by atoms with Crippen molar-refractivity contribution in [2.24, 2.45) is 0 Å². The minimum atomic E-state index is -3.61. The molecule has 9 heteroatoms. The number of thiophene rings is 1. The lowest BCUT2D eigenvalue weighted by Crippen LogP contribution is -2.50. The Labute approximate surface area is 132 Å². The Morgan fingerprint density at radius 1 is 1.35 bits per heavy atom. The van der Waals surface area contributed by atoms with E-state index in [1.165, 1.54) is 10.4 Å². The maximum atomic E-state index is 12.5. The van der Waals surface area contributed by atoms with Gasteiger partial charge in [-0.3, -0.25) is 4.90 Å². The molecule has 110 valence electrons. The van der Waals surface area contributed by atoms with Crippen LogP contribution in [0.15, 0.2) is 11.0 Å². The molecule has 20 heavy (non-hydrogen) atoms. The lowest BCUT2D eigenvalue weighted by atomic mass is 10.2. The number of piperazine rings is 1. The van der Waals surface area contributed by atoms with Crippen molar-refractivity contribution < 1.29 is 8.42 Å². The second-order valence-corrected chi connectivity index (χ2v) is 8.63. The third-order valence-corrected chi connectivity index (χ3v) is 6.90. The van der Waals surface area contributed by atoms with E-state index in [-0.39, 0.29) is 15.3 Å². The fraction of sp³-hybridized carbons (Fsp3) is 0.545. The SMILES string of the molecule is CC(C#N)N1CCN(S(=O)(=O)c2cc(Cl)sc2Cl)CC1. The number of hydrogen-bond donors (Lipinski definition) is 0. The van der Waals surface area contributed by atoms with Crippen LogP contribution in [0.2, 0.25) is 8.67 Å². The van der Waals surface area contributed by atoms with Gasteiger partial charge in [-0.25, -0.2) is 8.42 Å². The fourth-order valence-electron chi connectivity index (χ4n) is 2.05. The molecule has 0 spiro atoms. The number of halogens is 2. The van der Waals surface area contributed by atoms with E-state index >= 15 is 0 Å². The van der Waals surface area contributed by atoms with Crippen LogP contribution < -0.4 is 0 Å². The van der Waals surface area contributed by atoms with E-state index in [0.29, 0.717) is 30.5 Å². The Kier molecular flexibility index (Phi) is 4.95. The van der Waals surface area contributed by atoms with Gasteiger partial charge in [-0.1, -0.05) is 23.2 Å². The van der Waals surface area contributed by atoms with Gasteiger partial charge in [0.2, 0.25) is 10.0 Å². The number of sulfonamides is 1. The molecule has 0 radical (unpaired) electrons. The van der Waals surface area contributed by atoms with Crippen LogP contribution in [0.3, 0.4) is 0 Å². The molecule has 0 aliphatic carbocycles. The van der Waals surface area contributed by atoms with E-state index in [2.05, 4.69) is 6.07 Å². The van der Waals surface area contributed by atoms with Gasteiger partial charge in [-0.15, -0.1) is 11.3 Å². The molecule has 0 bridgehead atoms. The van der Waals surface area contributed by atoms with E-state index < -0.39 is 10.0 Å². The van der Waals surface area contributed by atoms with Gasteiger partial charge in [-0.2, -0.15) is 9.57 Å². The van der Waals surface area contributed by atoms with Gasteiger partial charge in [0.15, 0.2) is 0 Å². The van der Waals surface area contributed by atoms with E-state index in [1.54, 1.807) is 6.92 Å². The summed E-state index contributed by atoms with van der Waals surface area (Å²) in [7, 11) is -3.61. The minimum absolute atomic E-state index is 0.0657. The second-order valence-electron chi connectivity index (χ2n) is 4.43. The predicted molar refractivity (Wildman–Crippen MR) is 79.7 cm³/mol. The van der Waals surface area contributed by atoms with Gasteiger partial charge in [0.25, 0.3) is 0 Å². The highest BCUT2D eigenvalue weighted by Gasteiger charge is 2.32. The van der Waals surface area contributed by atoms with Crippen LogP contribution >= 0.6 is 34.5 Å². The van der Waals surface area contributed by atoms with Crippen molar-refractivity contribution in [2.75, 3.05) is 26.2 Å². The van der Waals surface area contributed by atoms with Crippen LogP contribution in [0.25, 0.3) is 0 Å². The molecule has 1 unspecified atom stereocenters. The fourth-order valence-corrected chi connectivity index (χ4v) is 5.59. The van der Waals surface area contributed by atoms with Gasteiger partial charge < -0.3 is 0 Å². The molecule has 2 rings (SSSR count). The molecule has 0 saturated carbocycles. The maximum absolute atomic E-state index is 12.5. The van der Waals surface area contributed by atoms with Crippen LogP contribution in [0.5, 0.6) is 0 Å². The first-order valence-corrected chi connectivity index (χ1v) is 8.96. The maximum Gasteiger partial charge on any atom is 0.245 e. The van der Waals surface area contributed by atoms with Crippen molar-refractivity contribution in [3.05, 3.63) is 14.7 Å². The topological polar surface area (TPSA) is 64.4 Å². The summed E-state index contributed by atoms with van der Waals surface area (Å²) in [5.41, 5.74) is 0. The number of nitriles is 1. The molecule has 0 amide bonds. The molecule has 1 atom stereocenters. The first kappa shape index (κ1) is 16.0. The van der Waals surface area contributed by atoms with Gasteiger partial charge in [0, 0.05) is 26.2 Å². The molecule has 2 heterocycles. The normalized spacial score (nSPS) is 19.7. The highest BCUT2D eigenvalue weighted by atomic mass is 35.5. The summed E-state index contributed by atoms with van der Waals surface area (Å²) >= 11 is 12.8. The monoisotopic (exact) mass is 353 g/mol. The number of rotatable bonds is 3. The number of nitrogens with zero attached hydrogens (tertiary/aromatic N) is 3. The van der Waals surface area contributed by atoms with E-state index in [0.717, 1.165) is 11.3 Å². The van der Waals surface area contributed by atoms with Gasteiger partial charge in [-0.05, 0) is 13.0 Å². The third-order valence-electron chi connectivity index (χ3n) is 3.25. The second kappa shape index (κ2) is 6.18. The molecule has 1 fully saturated rings. The Bertz CT molecular complexity index is 631. The molecule has 1 aliphatic heterocycles. The molecule has 0 N–H and O–H groups in total. The smallest absolute Gasteiger partial charge is 0.245 e. The summed E-state index contributed by atoms with van der Waals surface area (Å²) in [5.74, 6) is 0. The van der Waals surface area contributed by atoms with Crippen molar-refractivity contribution in [1.82, 2.24) is 9.21 Å². The lowest BCUT2D eigenvalue weighted by Gasteiger charge is -2.34. The van der Waals surface area contributed by atoms with Crippen LogP contribution in [-0.4, -0.2) is 49.8 Å². The zero-order valence-corrected chi connectivity index (χ0v) is 13.9. The van der Waals surface area contributed by atoms with Gasteiger partial charge in [0.05, 0.1) is 16.4 Å². The average Bonchev–Trinajstić information content (AvgIpc) is 2.77. The number of hydrogen-bond acceptors (Lipinski definition) is 5. The largest absolute Gasteiger partial charge is 0.286 e. The summed E-state index contributed by atoms with van der Waals surface area (Å²) in [6.07, 6.45) is 0. The van der Waals surface area contributed by atoms with Crippen LogP contribution in [0.1, 0.15) is 6.92 Å². The van der Waals surface area contributed by atoms with Crippen LogP contribution in [0.4, 0.5) is 0 Å². The molecule has 1 aromatic heterocycles. The van der Waals surface area contributed by atoms with Crippen molar-refractivity contribution in [1.29, 1.82) is 5.26 Å². The van der Waals surface area contributed by atoms with Crippen LogP contribution in [-0.2, 0) is 10.0 Å². The Hall–Kier alpha value is -0.360. The molecule has 1 aromatic rings. The highest BCUT2D eigenvalue weighted by Crippen LogP contribution is 2.36. The molecule has 0 aromatic carbocycles. The first-order valence-electron chi connectivity index (χ1n) is 5.95. The Morgan fingerprint density at radius 3 is 2.40 bits per heavy atom. The molecule has 5 nitrogen and oxygen atoms in total. The zero-order valence-electron chi connectivity index (χ0n) is 10.7. The van der Waals surface area contributed by atoms with Gasteiger partial charge in [0.1, 0.15) is 9.23 Å². The first-order chi connectivity index (χ1) is 9.36. The van der Waals surface area contributed by atoms with Crippen molar-refractivity contribution in [3.8, 4) is 6.07 Å². The predicted octanol–water partition coefficient (Wildman–Crippen LogP) is 2.27. The van der Waals surface area contributed by atoms with E-state index in [4.69, 9.17) is 28.5 Å². The standard InChI is InChI=1S/C11H13Cl2N3O2S2/c1-8(7-14)15-2-4-16(5-3-15)20(17,18)9-6-10(12)19-11(9)13/h6,8H,2-5H2,1H3.